The SMILES string of the molecule is CCCNCc1ccc(F)c(CN2CCCCC2)c1. The van der Waals surface area contributed by atoms with Crippen molar-refractivity contribution in [2.75, 3.05) is 19.6 Å². The van der Waals surface area contributed by atoms with E-state index in [0.717, 1.165) is 44.7 Å². The average Bonchev–Trinajstić information content (AvgIpc) is 2.44. The van der Waals surface area contributed by atoms with Gasteiger partial charge in [-0.05, 0) is 50.5 Å². The van der Waals surface area contributed by atoms with Crippen LogP contribution in [0.15, 0.2) is 18.2 Å². The van der Waals surface area contributed by atoms with E-state index in [1.807, 2.05) is 12.1 Å². The lowest BCUT2D eigenvalue weighted by Gasteiger charge is -2.26. The standard InChI is InChI=1S/C16H25FN2/c1-2-8-18-12-14-6-7-16(17)15(11-14)13-19-9-4-3-5-10-19/h6-7,11,18H,2-5,8-10,12-13H2,1H3. The zero-order valence-corrected chi connectivity index (χ0v) is 11.9. The molecule has 2 rings (SSSR count). The fourth-order valence-electron chi connectivity index (χ4n) is 2.63. The molecule has 0 radical (unpaired) electrons. The molecule has 0 atom stereocenters. The predicted octanol–water partition coefficient (Wildman–Crippen LogP) is 3.31. The van der Waals surface area contributed by atoms with Gasteiger partial charge in [0.1, 0.15) is 5.82 Å². The minimum absolute atomic E-state index is 0.0650. The van der Waals surface area contributed by atoms with E-state index >= 15 is 0 Å². The normalized spacial score (nSPS) is 16.7. The molecule has 0 aromatic heterocycles. The van der Waals surface area contributed by atoms with Crippen LogP contribution in [-0.2, 0) is 13.1 Å². The van der Waals surface area contributed by atoms with Crippen LogP contribution >= 0.6 is 0 Å². The summed E-state index contributed by atoms with van der Waals surface area (Å²) >= 11 is 0. The third kappa shape index (κ3) is 4.59. The molecule has 1 aliphatic rings. The Balaban J connectivity index is 1.95. The van der Waals surface area contributed by atoms with Gasteiger partial charge in [-0.3, -0.25) is 4.90 Å². The molecule has 1 N–H and O–H groups in total. The molecule has 3 heteroatoms. The molecule has 2 nitrogen and oxygen atoms in total. The van der Waals surface area contributed by atoms with Crippen LogP contribution in [0.3, 0.4) is 0 Å². The van der Waals surface area contributed by atoms with E-state index < -0.39 is 0 Å². The van der Waals surface area contributed by atoms with Crippen LogP contribution in [0, 0.1) is 5.82 Å². The van der Waals surface area contributed by atoms with Gasteiger partial charge in [-0.1, -0.05) is 25.5 Å². The number of nitrogens with one attached hydrogen (secondary N) is 1. The maximum absolute atomic E-state index is 13.9. The highest BCUT2D eigenvalue weighted by atomic mass is 19.1. The number of hydrogen-bond acceptors (Lipinski definition) is 2. The Morgan fingerprint density at radius 3 is 2.74 bits per heavy atom. The van der Waals surface area contributed by atoms with Gasteiger partial charge in [0, 0.05) is 18.7 Å². The van der Waals surface area contributed by atoms with Crippen LogP contribution in [0.5, 0.6) is 0 Å². The van der Waals surface area contributed by atoms with Gasteiger partial charge >= 0.3 is 0 Å². The lowest BCUT2D eigenvalue weighted by Crippen LogP contribution is -2.29. The number of rotatable bonds is 6. The summed E-state index contributed by atoms with van der Waals surface area (Å²) in [6.07, 6.45) is 4.94. The van der Waals surface area contributed by atoms with Gasteiger partial charge in [-0.15, -0.1) is 0 Å². The van der Waals surface area contributed by atoms with Crippen molar-refractivity contribution in [3.63, 3.8) is 0 Å². The van der Waals surface area contributed by atoms with Crippen molar-refractivity contribution in [1.29, 1.82) is 0 Å². The molecule has 1 heterocycles. The minimum atomic E-state index is -0.0650. The summed E-state index contributed by atoms with van der Waals surface area (Å²) in [7, 11) is 0. The molecule has 1 aliphatic heterocycles. The van der Waals surface area contributed by atoms with Gasteiger partial charge in [0.2, 0.25) is 0 Å². The van der Waals surface area contributed by atoms with E-state index in [9.17, 15) is 4.39 Å². The number of piperidine rings is 1. The molecule has 19 heavy (non-hydrogen) atoms. The van der Waals surface area contributed by atoms with Crippen LogP contribution in [0.1, 0.15) is 43.7 Å². The summed E-state index contributed by atoms with van der Waals surface area (Å²) < 4.78 is 13.9. The zero-order valence-electron chi connectivity index (χ0n) is 11.9. The van der Waals surface area contributed by atoms with Gasteiger partial charge in [0.25, 0.3) is 0 Å². The smallest absolute Gasteiger partial charge is 0.127 e. The van der Waals surface area contributed by atoms with Gasteiger partial charge in [-0.2, -0.15) is 0 Å². The summed E-state index contributed by atoms with van der Waals surface area (Å²) in [5.74, 6) is -0.0650. The van der Waals surface area contributed by atoms with Gasteiger partial charge < -0.3 is 5.32 Å². The second kappa shape index (κ2) is 7.61. The largest absolute Gasteiger partial charge is 0.313 e. The van der Waals surface area contributed by atoms with Crippen molar-refractivity contribution in [2.24, 2.45) is 0 Å². The molecule has 0 spiro atoms. The van der Waals surface area contributed by atoms with Gasteiger partial charge in [0.05, 0.1) is 0 Å². The predicted molar refractivity (Wildman–Crippen MR) is 77.5 cm³/mol. The van der Waals surface area contributed by atoms with Crippen LogP contribution in [0.2, 0.25) is 0 Å². The number of likely N-dealkylation sites (tertiary alicyclic amines) is 1. The highest BCUT2D eigenvalue weighted by molar-refractivity contribution is 5.25. The molecule has 0 bridgehead atoms. The van der Waals surface area contributed by atoms with E-state index in [4.69, 9.17) is 0 Å². The van der Waals surface area contributed by atoms with Crippen molar-refractivity contribution in [1.82, 2.24) is 10.2 Å². The molecule has 1 aromatic carbocycles. The van der Waals surface area contributed by atoms with E-state index in [1.54, 1.807) is 6.07 Å². The molecule has 0 aliphatic carbocycles. The second-order valence-electron chi connectivity index (χ2n) is 5.44. The van der Waals surface area contributed by atoms with Crippen LogP contribution in [-0.4, -0.2) is 24.5 Å². The third-order valence-electron chi connectivity index (χ3n) is 3.71. The van der Waals surface area contributed by atoms with E-state index in [1.165, 1.54) is 24.8 Å². The monoisotopic (exact) mass is 264 g/mol. The fourth-order valence-corrected chi connectivity index (χ4v) is 2.63. The van der Waals surface area contributed by atoms with Crippen molar-refractivity contribution in [3.05, 3.63) is 35.1 Å². The molecular formula is C16H25FN2. The fraction of sp³-hybridized carbons (Fsp3) is 0.625. The summed E-state index contributed by atoms with van der Waals surface area (Å²) in [5, 5.41) is 3.37. The van der Waals surface area contributed by atoms with Gasteiger partial charge in [0.15, 0.2) is 0 Å². The van der Waals surface area contributed by atoms with E-state index in [-0.39, 0.29) is 5.82 Å². The Kier molecular flexibility index (Phi) is 5.80. The number of nitrogens with zero attached hydrogens (tertiary/aromatic N) is 1. The first-order valence-corrected chi connectivity index (χ1v) is 7.50. The Hall–Kier alpha value is -0.930. The topological polar surface area (TPSA) is 15.3 Å². The van der Waals surface area contributed by atoms with Crippen LogP contribution in [0.4, 0.5) is 4.39 Å². The molecule has 0 unspecified atom stereocenters. The molecule has 0 saturated carbocycles. The number of benzene rings is 1. The first-order valence-electron chi connectivity index (χ1n) is 7.50. The maximum Gasteiger partial charge on any atom is 0.127 e. The van der Waals surface area contributed by atoms with Crippen molar-refractivity contribution < 1.29 is 4.39 Å². The van der Waals surface area contributed by atoms with Crippen molar-refractivity contribution in [3.8, 4) is 0 Å². The Morgan fingerprint density at radius 2 is 2.00 bits per heavy atom. The molecule has 1 fully saturated rings. The number of halogens is 1. The minimum Gasteiger partial charge on any atom is -0.313 e. The summed E-state index contributed by atoms with van der Waals surface area (Å²) in [6.45, 7) is 6.97. The maximum atomic E-state index is 13.9. The summed E-state index contributed by atoms with van der Waals surface area (Å²) in [4.78, 5) is 2.37. The quantitative estimate of drug-likeness (QED) is 0.793. The highest BCUT2D eigenvalue weighted by Gasteiger charge is 2.13. The van der Waals surface area contributed by atoms with Gasteiger partial charge in [-0.25, -0.2) is 4.39 Å². The summed E-state index contributed by atoms with van der Waals surface area (Å²) in [6, 6.07) is 5.52. The Labute approximate surface area is 116 Å². The average molecular weight is 264 g/mol. The molecule has 0 amide bonds. The van der Waals surface area contributed by atoms with E-state index in [0.29, 0.717) is 0 Å². The summed E-state index contributed by atoms with van der Waals surface area (Å²) in [5.41, 5.74) is 2.03. The highest BCUT2D eigenvalue weighted by Crippen LogP contribution is 2.16. The second-order valence-corrected chi connectivity index (χ2v) is 5.44. The van der Waals surface area contributed by atoms with Crippen molar-refractivity contribution >= 4 is 0 Å². The Morgan fingerprint density at radius 1 is 1.21 bits per heavy atom. The first kappa shape index (κ1) is 14.5. The molecular weight excluding hydrogens is 239 g/mol. The third-order valence-corrected chi connectivity index (χ3v) is 3.71. The molecule has 1 saturated heterocycles. The Bertz CT molecular complexity index is 386. The lowest BCUT2D eigenvalue weighted by atomic mass is 10.1. The molecule has 1 aromatic rings. The van der Waals surface area contributed by atoms with Crippen LogP contribution < -0.4 is 5.32 Å². The zero-order chi connectivity index (χ0) is 13.5. The van der Waals surface area contributed by atoms with Crippen LogP contribution in [0.25, 0.3) is 0 Å². The first-order chi connectivity index (χ1) is 9.29. The van der Waals surface area contributed by atoms with E-state index in [2.05, 4.69) is 17.1 Å². The van der Waals surface area contributed by atoms with Crippen molar-refractivity contribution in [2.45, 2.75) is 45.7 Å². The lowest BCUT2D eigenvalue weighted by molar-refractivity contribution is 0.218. The number of hydrogen-bond donors (Lipinski definition) is 1. The molecule has 106 valence electrons.